The Labute approximate surface area is 102 Å². The molecule has 0 radical (unpaired) electrons. The first-order valence-corrected chi connectivity index (χ1v) is 6.18. The maximum absolute atomic E-state index is 11.5. The average Bonchev–Trinajstić information content (AvgIpc) is 2.67. The number of thiazole rings is 1. The summed E-state index contributed by atoms with van der Waals surface area (Å²) in [6.45, 7) is 1.14. The molecule has 1 aliphatic rings. The van der Waals surface area contributed by atoms with Gasteiger partial charge >= 0.3 is 12.0 Å². The first-order valence-electron chi connectivity index (χ1n) is 5.31. The second-order valence-corrected chi connectivity index (χ2v) is 4.83. The first kappa shape index (κ1) is 11.8. The van der Waals surface area contributed by atoms with E-state index < -0.39 is 11.9 Å². The fourth-order valence-corrected chi connectivity index (χ4v) is 2.19. The number of likely N-dealkylation sites (tertiary alicyclic amines) is 1. The van der Waals surface area contributed by atoms with Gasteiger partial charge in [-0.1, -0.05) is 0 Å². The van der Waals surface area contributed by atoms with Gasteiger partial charge in [0.25, 0.3) is 0 Å². The van der Waals surface area contributed by atoms with Crippen LogP contribution < -0.4 is 5.32 Å². The van der Waals surface area contributed by atoms with Crippen molar-refractivity contribution in [2.24, 2.45) is 5.92 Å². The molecule has 2 heterocycles. The molecule has 0 aromatic carbocycles. The number of rotatable bonds is 4. The summed E-state index contributed by atoms with van der Waals surface area (Å²) in [6, 6.07) is -0.195. The molecule has 1 fully saturated rings. The van der Waals surface area contributed by atoms with Crippen LogP contribution in [0.3, 0.4) is 0 Å². The number of carbonyl (C=O) groups excluding carboxylic acids is 1. The smallest absolute Gasteiger partial charge is 0.317 e. The quantitative estimate of drug-likeness (QED) is 0.816. The van der Waals surface area contributed by atoms with Crippen molar-refractivity contribution in [3.8, 4) is 0 Å². The lowest BCUT2D eigenvalue weighted by molar-refractivity contribution is -0.146. The number of hydrogen-bond donors (Lipinski definition) is 2. The van der Waals surface area contributed by atoms with Crippen molar-refractivity contribution in [2.75, 3.05) is 19.6 Å². The maximum atomic E-state index is 11.5. The minimum Gasteiger partial charge on any atom is -0.481 e. The number of amides is 2. The summed E-state index contributed by atoms with van der Waals surface area (Å²) < 4.78 is 0. The SMILES string of the molecule is O=C(O)C1CN(C(=O)NCCc2nccs2)C1. The first-order chi connectivity index (χ1) is 8.16. The van der Waals surface area contributed by atoms with Crippen LogP contribution >= 0.6 is 11.3 Å². The van der Waals surface area contributed by atoms with Gasteiger partial charge in [0.2, 0.25) is 0 Å². The largest absolute Gasteiger partial charge is 0.481 e. The number of carbonyl (C=O) groups is 2. The number of aromatic nitrogens is 1. The third-order valence-corrected chi connectivity index (χ3v) is 3.46. The van der Waals surface area contributed by atoms with Gasteiger partial charge in [-0.15, -0.1) is 11.3 Å². The Morgan fingerprint density at radius 2 is 2.35 bits per heavy atom. The van der Waals surface area contributed by atoms with Crippen LogP contribution in [-0.2, 0) is 11.2 Å². The number of urea groups is 1. The normalized spacial score (nSPS) is 15.4. The van der Waals surface area contributed by atoms with Crippen LogP contribution in [-0.4, -0.2) is 46.6 Å². The van der Waals surface area contributed by atoms with Gasteiger partial charge in [0.05, 0.1) is 10.9 Å². The second-order valence-electron chi connectivity index (χ2n) is 3.85. The lowest BCUT2D eigenvalue weighted by Crippen LogP contribution is -2.56. The molecule has 6 nitrogen and oxygen atoms in total. The molecule has 1 saturated heterocycles. The third kappa shape index (κ3) is 2.94. The Morgan fingerprint density at radius 3 is 2.94 bits per heavy atom. The fraction of sp³-hybridized carbons (Fsp3) is 0.500. The van der Waals surface area contributed by atoms with E-state index in [9.17, 15) is 9.59 Å². The van der Waals surface area contributed by atoms with Crippen molar-refractivity contribution >= 4 is 23.3 Å². The highest BCUT2D eigenvalue weighted by Crippen LogP contribution is 2.15. The van der Waals surface area contributed by atoms with Gasteiger partial charge in [-0.05, 0) is 0 Å². The molecule has 7 heteroatoms. The fourth-order valence-electron chi connectivity index (χ4n) is 1.57. The predicted molar refractivity (Wildman–Crippen MR) is 61.9 cm³/mol. The minimum atomic E-state index is -0.836. The highest BCUT2D eigenvalue weighted by molar-refractivity contribution is 7.09. The van der Waals surface area contributed by atoms with Crippen LogP contribution in [0.4, 0.5) is 4.79 Å². The van der Waals surface area contributed by atoms with E-state index in [1.54, 1.807) is 17.5 Å². The topological polar surface area (TPSA) is 82.5 Å². The van der Waals surface area contributed by atoms with Crippen molar-refractivity contribution in [3.05, 3.63) is 16.6 Å². The Balaban J connectivity index is 1.64. The van der Waals surface area contributed by atoms with E-state index in [1.165, 1.54) is 4.90 Å². The summed E-state index contributed by atoms with van der Waals surface area (Å²) in [5.41, 5.74) is 0. The zero-order valence-corrected chi connectivity index (χ0v) is 9.94. The van der Waals surface area contributed by atoms with Gasteiger partial charge in [0, 0.05) is 37.6 Å². The molecule has 2 N–H and O–H groups in total. The zero-order chi connectivity index (χ0) is 12.3. The molecule has 0 aliphatic carbocycles. The van der Waals surface area contributed by atoms with E-state index in [1.807, 2.05) is 5.38 Å². The highest BCUT2D eigenvalue weighted by atomic mass is 32.1. The molecular weight excluding hydrogens is 242 g/mol. The van der Waals surface area contributed by atoms with E-state index in [-0.39, 0.29) is 6.03 Å². The van der Waals surface area contributed by atoms with Gasteiger partial charge in [-0.2, -0.15) is 0 Å². The third-order valence-electron chi connectivity index (χ3n) is 2.62. The summed E-state index contributed by atoms with van der Waals surface area (Å²) in [4.78, 5) is 27.7. The summed E-state index contributed by atoms with van der Waals surface area (Å²) in [5, 5.41) is 14.3. The Hall–Kier alpha value is -1.63. The van der Waals surface area contributed by atoms with E-state index in [4.69, 9.17) is 5.11 Å². The van der Waals surface area contributed by atoms with E-state index in [0.717, 1.165) is 5.01 Å². The monoisotopic (exact) mass is 255 g/mol. The molecule has 0 unspecified atom stereocenters. The van der Waals surface area contributed by atoms with Crippen molar-refractivity contribution < 1.29 is 14.7 Å². The van der Waals surface area contributed by atoms with Crippen molar-refractivity contribution in [1.29, 1.82) is 0 Å². The maximum Gasteiger partial charge on any atom is 0.317 e. The number of hydrogen-bond acceptors (Lipinski definition) is 4. The lowest BCUT2D eigenvalue weighted by atomic mass is 10.0. The predicted octanol–water partition coefficient (Wildman–Crippen LogP) is 0.412. The summed E-state index contributed by atoms with van der Waals surface area (Å²) >= 11 is 1.55. The van der Waals surface area contributed by atoms with Gasteiger partial charge in [-0.25, -0.2) is 9.78 Å². The molecule has 2 amide bonds. The molecule has 1 aromatic heterocycles. The van der Waals surface area contributed by atoms with Crippen LogP contribution in [0.25, 0.3) is 0 Å². The molecule has 0 bridgehead atoms. The molecule has 0 saturated carbocycles. The van der Waals surface area contributed by atoms with Crippen LogP contribution in [0.15, 0.2) is 11.6 Å². The molecule has 17 heavy (non-hydrogen) atoms. The molecule has 92 valence electrons. The summed E-state index contributed by atoms with van der Waals surface area (Å²) in [7, 11) is 0. The molecule has 0 atom stereocenters. The minimum absolute atomic E-state index is 0.195. The lowest BCUT2D eigenvalue weighted by Gasteiger charge is -2.36. The van der Waals surface area contributed by atoms with Crippen molar-refractivity contribution in [2.45, 2.75) is 6.42 Å². The van der Waals surface area contributed by atoms with Gasteiger partial charge in [0.15, 0.2) is 0 Å². The number of aliphatic carboxylic acids is 1. The number of carboxylic acids is 1. The van der Waals surface area contributed by atoms with E-state index in [2.05, 4.69) is 10.3 Å². The Kier molecular flexibility index (Phi) is 3.58. The zero-order valence-electron chi connectivity index (χ0n) is 9.13. The standard InChI is InChI=1S/C10H13N3O3S/c14-9(15)7-5-13(6-7)10(16)12-2-1-8-11-3-4-17-8/h3-4,7H,1-2,5-6H2,(H,12,16)(H,14,15). The van der Waals surface area contributed by atoms with Gasteiger partial charge < -0.3 is 15.3 Å². The molecule has 2 rings (SSSR count). The van der Waals surface area contributed by atoms with Crippen LogP contribution in [0.5, 0.6) is 0 Å². The number of nitrogens with zero attached hydrogens (tertiary/aromatic N) is 2. The van der Waals surface area contributed by atoms with Crippen molar-refractivity contribution in [3.63, 3.8) is 0 Å². The number of nitrogens with one attached hydrogen (secondary N) is 1. The van der Waals surface area contributed by atoms with E-state index >= 15 is 0 Å². The van der Waals surface area contributed by atoms with Crippen LogP contribution in [0.1, 0.15) is 5.01 Å². The summed E-state index contributed by atoms with van der Waals surface area (Å²) in [6.07, 6.45) is 2.44. The Bertz CT molecular complexity index is 401. The highest BCUT2D eigenvalue weighted by Gasteiger charge is 2.35. The molecule has 1 aromatic rings. The van der Waals surface area contributed by atoms with Gasteiger partial charge in [-0.3, -0.25) is 4.79 Å². The number of carboxylic acid groups (broad SMARTS) is 1. The van der Waals surface area contributed by atoms with Crippen LogP contribution in [0, 0.1) is 5.92 Å². The molecule has 0 spiro atoms. The summed E-state index contributed by atoms with van der Waals surface area (Å²) in [5.74, 6) is -1.24. The van der Waals surface area contributed by atoms with Gasteiger partial charge in [0.1, 0.15) is 0 Å². The van der Waals surface area contributed by atoms with Crippen LogP contribution in [0.2, 0.25) is 0 Å². The second kappa shape index (κ2) is 5.13. The average molecular weight is 255 g/mol. The molecule has 1 aliphatic heterocycles. The van der Waals surface area contributed by atoms with Crippen molar-refractivity contribution in [1.82, 2.24) is 15.2 Å². The van der Waals surface area contributed by atoms with E-state index in [0.29, 0.717) is 26.1 Å². The Morgan fingerprint density at radius 1 is 1.59 bits per heavy atom. The molecular formula is C10H13N3O3S.